The van der Waals surface area contributed by atoms with Crippen LogP contribution in [0, 0.1) is 0 Å². The Morgan fingerprint density at radius 1 is 1.64 bits per heavy atom. The maximum absolute atomic E-state index is 11.1. The molecule has 1 N–H and O–H groups in total. The van der Waals surface area contributed by atoms with Crippen LogP contribution in [0.3, 0.4) is 0 Å². The van der Waals surface area contributed by atoms with Gasteiger partial charge in [-0.15, -0.1) is 0 Å². The van der Waals surface area contributed by atoms with Crippen molar-refractivity contribution in [3.8, 4) is 0 Å². The Bertz CT molecular complexity index is 181. The van der Waals surface area contributed by atoms with Gasteiger partial charge in [-0.1, -0.05) is 6.92 Å². The summed E-state index contributed by atoms with van der Waals surface area (Å²) >= 11 is 2.05. The molecule has 0 aromatic rings. The fourth-order valence-corrected chi connectivity index (χ4v) is 3.11. The Morgan fingerprint density at radius 2 is 2.43 bits per heavy atom. The summed E-state index contributed by atoms with van der Waals surface area (Å²) < 4.78 is 11.1. The molecule has 1 aliphatic rings. The van der Waals surface area contributed by atoms with Gasteiger partial charge in [-0.05, 0) is 31.6 Å². The molecule has 84 valence electrons. The third kappa shape index (κ3) is 4.80. The molecule has 1 fully saturated rings. The van der Waals surface area contributed by atoms with E-state index in [0.29, 0.717) is 11.3 Å². The molecular weight excluding hydrogens is 214 g/mol. The molecule has 0 radical (unpaired) electrons. The number of hydrogen-bond donors (Lipinski definition) is 1. The van der Waals surface area contributed by atoms with Crippen LogP contribution in [0.4, 0.5) is 0 Å². The van der Waals surface area contributed by atoms with Crippen molar-refractivity contribution < 1.29 is 4.21 Å². The molecule has 4 heteroatoms. The average molecular weight is 235 g/mol. The van der Waals surface area contributed by atoms with Gasteiger partial charge in [0.25, 0.3) is 0 Å². The highest BCUT2D eigenvalue weighted by Gasteiger charge is 2.13. The number of thioether (sulfide) groups is 1. The maximum atomic E-state index is 11.1. The van der Waals surface area contributed by atoms with Crippen molar-refractivity contribution in [2.45, 2.75) is 37.5 Å². The number of hydrogen-bond acceptors (Lipinski definition) is 3. The molecular formula is C10H21NOS2. The maximum Gasteiger partial charge on any atom is 0.0329 e. The summed E-state index contributed by atoms with van der Waals surface area (Å²) in [6.45, 7) is 3.08. The van der Waals surface area contributed by atoms with Crippen LogP contribution >= 0.6 is 11.8 Å². The van der Waals surface area contributed by atoms with E-state index in [-0.39, 0.29) is 0 Å². The van der Waals surface area contributed by atoms with Crippen LogP contribution in [0.2, 0.25) is 0 Å². The molecule has 1 heterocycles. The minimum atomic E-state index is -0.662. The zero-order valence-corrected chi connectivity index (χ0v) is 10.8. The van der Waals surface area contributed by atoms with E-state index < -0.39 is 10.8 Å². The summed E-state index contributed by atoms with van der Waals surface area (Å²) in [4.78, 5) is 0. The molecule has 0 saturated carbocycles. The standard InChI is InChI=1S/C10H21NOS2/c1-9(14(2)12)5-6-11-10-4-3-7-13-8-10/h9-11H,3-8H2,1-2H3/t9-,10+,14+/m1/s1. The van der Waals surface area contributed by atoms with Crippen LogP contribution in [0.25, 0.3) is 0 Å². The molecule has 3 atom stereocenters. The quantitative estimate of drug-likeness (QED) is 0.785. The number of rotatable bonds is 5. The fourth-order valence-electron chi connectivity index (χ4n) is 1.56. The second-order valence-electron chi connectivity index (χ2n) is 3.97. The first-order valence-corrected chi connectivity index (χ1v) is 8.11. The highest BCUT2D eigenvalue weighted by Crippen LogP contribution is 2.16. The molecule has 1 rings (SSSR count). The second-order valence-corrected chi connectivity index (χ2v) is 6.92. The summed E-state index contributed by atoms with van der Waals surface area (Å²) in [5, 5.41) is 3.88. The third-order valence-corrected chi connectivity index (χ3v) is 5.30. The van der Waals surface area contributed by atoms with E-state index in [1.165, 1.54) is 24.3 Å². The average Bonchev–Trinajstić information content (AvgIpc) is 2.19. The molecule has 0 aromatic carbocycles. The summed E-state index contributed by atoms with van der Waals surface area (Å²) in [5.74, 6) is 2.58. The predicted octanol–water partition coefficient (Wildman–Crippen LogP) is 1.63. The van der Waals surface area contributed by atoms with Crippen LogP contribution < -0.4 is 5.32 Å². The van der Waals surface area contributed by atoms with Crippen molar-refractivity contribution in [3.05, 3.63) is 0 Å². The van der Waals surface area contributed by atoms with Crippen molar-refractivity contribution >= 4 is 22.6 Å². The molecule has 0 aromatic heterocycles. The Hall–Kier alpha value is 0.460. The van der Waals surface area contributed by atoms with Crippen LogP contribution in [0.15, 0.2) is 0 Å². The fraction of sp³-hybridized carbons (Fsp3) is 1.00. The topological polar surface area (TPSA) is 29.1 Å². The molecule has 0 unspecified atom stereocenters. The van der Waals surface area contributed by atoms with Crippen molar-refractivity contribution in [1.82, 2.24) is 5.32 Å². The van der Waals surface area contributed by atoms with Gasteiger partial charge in [0.15, 0.2) is 0 Å². The van der Waals surface area contributed by atoms with Gasteiger partial charge in [-0.3, -0.25) is 4.21 Å². The molecule has 0 bridgehead atoms. The molecule has 0 amide bonds. The lowest BCUT2D eigenvalue weighted by Crippen LogP contribution is -2.35. The van der Waals surface area contributed by atoms with Crippen LogP contribution in [0.1, 0.15) is 26.2 Å². The molecule has 1 aliphatic heterocycles. The normalized spacial score (nSPS) is 27.1. The van der Waals surface area contributed by atoms with Gasteiger partial charge in [-0.25, -0.2) is 0 Å². The number of nitrogens with one attached hydrogen (secondary N) is 1. The first kappa shape index (κ1) is 12.5. The highest BCUT2D eigenvalue weighted by molar-refractivity contribution is 7.99. The zero-order chi connectivity index (χ0) is 10.4. The van der Waals surface area contributed by atoms with E-state index >= 15 is 0 Å². The largest absolute Gasteiger partial charge is 0.313 e. The summed E-state index contributed by atoms with van der Waals surface area (Å²) in [5.41, 5.74) is 0. The monoisotopic (exact) mass is 235 g/mol. The first-order chi connectivity index (χ1) is 6.70. The van der Waals surface area contributed by atoms with Crippen LogP contribution in [-0.2, 0) is 10.8 Å². The third-order valence-electron chi connectivity index (χ3n) is 2.71. The van der Waals surface area contributed by atoms with E-state index in [1.807, 2.05) is 11.8 Å². The van der Waals surface area contributed by atoms with E-state index in [4.69, 9.17) is 0 Å². The van der Waals surface area contributed by atoms with Crippen molar-refractivity contribution in [3.63, 3.8) is 0 Å². The summed E-state index contributed by atoms with van der Waals surface area (Å²) in [6, 6.07) is 0.700. The van der Waals surface area contributed by atoms with E-state index in [1.54, 1.807) is 6.26 Å². The zero-order valence-electron chi connectivity index (χ0n) is 9.12. The van der Waals surface area contributed by atoms with Crippen LogP contribution in [0.5, 0.6) is 0 Å². The smallest absolute Gasteiger partial charge is 0.0329 e. The lowest BCUT2D eigenvalue weighted by atomic mass is 10.2. The minimum absolute atomic E-state index is 0.332. The van der Waals surface area contributed by atoms with E-state index in [2.05, 4.69) is 12.2 Å². The SMILES string of the molecule is C[C@H](CCN[C@H]1CCCSC1)[S@](C)=O. The van der Waals surface area contributed by atoms with Crippen molar-refractivity contribution in [2.75, 3.05) is 24.3 Å². The van der Waals surface area contributed by atoms with Gasteiger partial charge >= 0.3 is 0 Å². The molecule has 0 spiro atoms. The molecule has 0 aliphatic carbocycles. The van der Waals surface area contributed by atoms with Gasteiger partial charge in [-0.2, -0.15) is 11.8 Å². The summed E-state index contributed by atoms with van der Waals surface area (Å²) in [7, 11) is -0.662. The Labute approximate surface area is 94.1 Å². The Kier molecular flexibility index (Phi) is 6.13. The predicted molar refractivity (Wildman–Crippen MR) is 66.5 cm³/mol. The van der Waals surface area contributed by atoms with E-state index in [0.717, 1.165) is 13.0 Å². The Morgan fingerprint density at radius 3 is 3.00 bits per heavy atom. The lowest BCUT2D eigenvalue weighted by molar-refractivity contribution is 0.499. The van der Waals surface area contributed by atoms with Gasteiger partial charge in [0.1, 0.15) is 0 Å². The summed E-state index contributed by atoms with van der Waals surface area (Å²) in [6.07, 6.45) is 5.49. The van der Waals surface area contributed by atoms with Gasteiger partial charge in [0.2, 0.25) is 0 Å². The van der Waals surface area contributed by atoms with Gasteiger partial charge in [0.05, 0.1) is 0 Å². The van der Waals surface area contributed by atoms with Crippen LogP contribution in [-0.4, -0.2) is 39.8 Å². The van der Waals surface area contributed by atoms with Crippen molar-refractivity contribution in [1.29, 1.82) is 0 Å². The molecule has 14 heavy (non-hydrogen) atoms. The van der Waals surface area contributed by atoms with Gasteiger partial charge < -0.3 is 5.32 Å². The highest BCUT2D eigenvalue weighted by atomic mass is 32.2. The first-order valence-electron chi connectivity index (χ1n) is 5.33. The lowest BCUT2D eigenvalue weighted by Gasteiger charge is -2.23. The van der Waals surface area contributed by atoms with E-state index in [9.17, 15) is 4.21 Å². The molecule has 1 saturated heterocycles. The second kappa shape index (κ2) is 6.85. The molecule has 2 nitrogen and oxygen atoms in total. The van der Waals surface area contributed by atoms with Crippen molar-refractivity contribution in [2.24, 2.45) is 0 Å². The van der Waals surface area contributed by atoms with Gasteiger partial charge in [0, 0.05) is 34.1 Å². The Balaban J connectivity index is 2.05. The minimum Gasteiger partial charge on any atom is -0.313 e.